The highest BCUT2D eigenvalue weighted by molar-refractivity contribution is 6.54. The quantitative estimate of drug-likeness (QED) is 0.773. The Balaban J connectivity index is 1.81. The van der Waals surface area contributed by atoms with Crippen LogP contribution in [0.15, 0.2) is 18.2 Å². The highest BCUT2D eigenvalue weighted by Crippen LogP contribution is 2.24. The minimum Gasteiger partial charge on any atom is -0.480 e. The van der Waals surface area contributed by atoms with E-state index < -0.39 is 9.05 Å². The van der Waals surface area contributed by atoms with Gasteiger partial charge in [-0.25, -0.2) is 0 Å². The Bertz CT molecular complexity index is 435. The minimum absolute atomic E-state index is 0.594. The summed E-state index contributed by atoms with van der Waals surface area (Å²) in [5.74, 6) is 0.771. The number of benzene rings is 1. The fourth-order valence-corrected chi connectivity index (χ4v) is 4.44. The van der Waals surface area contributed by atoms with E-state index in [1.807, 2.05) is 12.1 Å². The molecule has 3 heterocycles. The molecule has 0 atom stereocenters. The number of hydrogen-bond acceptors (Lipinski definition) is 5. The molecule has 6 heteroatoms. The summed E-state index contributed by atoms with van der Waals surface area (Å²) in [7, 11) is -3.04. The molecule has 3 aliphatic rings. The molecule has 110 valence electrons. The molecule has 3 aliphatic heterocycles. The molecule has 5 nitrogen and oxygen atoms in total. The summed E-state index contributed by atoms with van der Waals surface area (Å²) in [5, 5.41) is 0. The van der Waals surface area contributed by atoms with Gasteiger partial charge in [0, 0.05) is 19.6 Å². The zero-order valence-corrected chi connectivity index (χ0v) is 13.1. The molecule has 3 fully saturated rings. The lowest BCUT2D eigenvalue weighted by molar-refractivity contribution is -0.0496. The van der Waals surface area contributed by atoms with Gasteiger partial charge in [-0.2, -0.15) is 0 Å². The van der Waals surface area contributed by atoms with Crippen molar-refractivity contribution in [1.29, 1.82) is 0 Å². The van der Waals surface area contributed by atoms with E-state index in [4.69, 9.17) is 17.7 Å². The average molecular weight is 295 g/mol. The van der Waals surface area contributed by atoms with Gasteiger partial charge in [-0.15, -0.1) is 0 Å². The van der Waals surface area contributed by atoms with Crippen LogP contribution in [0.3, 0.4) is 0 Å². The van der Waals surface area contributed by atoms with Crippen LogP contribution in [-0.4, -0.2) is 53.4 Å². The van der Waals surface area contributed by atoms with Crippen molar-refractivity contribution < 1.29 is 17.7 Å². The molecule has 0 aliphatic carbocycles. The lowest BCUT2D eigenvalue weighted by Crippen LogP contribution is -2.59. The Morgan fingerprint density at radius 1 is 0.900 bits per heavy atom. The third-order valence-electron chi connectivity index (χ3n) is 3.50. The van der Waals surface area contributed by atoms with Gasteiger partial charge in [-0.1, -0.05) is 6.07 Å². The summed E-state index contributed by atoms with van der Waals surface area (Å²) in [5.41, 5.74) is 2.32. The van der Waals surface area contributed by atoms with Crippen LogP contribution in [0.2, 0.25) is 0 Å². The van der Waals surface area contributed by atoms with Crippen LogP contribution >= 0.6 is 0 Å². The van der Waals surface area contributed by atoms with E-state index in [9.17, 15) is 0 Å². The minimum atomic E-state index is -3.04. The second-order valence-corrected chi connectivity index (χ2v) is 7.38. The Labute approximate surface area is 120 Å². The van der Waals surface area contributed by atoms with Crippen LogP contribution in [-0.2, 0) is 13.3 Å². The normalized spacial score (nSPS) is 30.4. The molecule has 0 amide bonds. The Hall–Kier alpha value is -0.923. The van der Waals surface area contributed by atoms with Crippen LogP contribution in [0.25, 0.3) is 0 Å². The smallest absolute Gasteiger partial charge is 0.480 e. The maximum atomic E-state index is 6.06. The van der Waals surface area contributed by atoms with E-state index in [1.165, 1.54) is 0 Å². The van der Waals surface area contributed by atoms with Crippen LogP contribution < -0.4 is 4.43 Å². The fraction of sp³-hybridized carbons (Fsp3) is 0.571. The van der Waals surface area contributed by atoms with Crippen LogP contribution in [0, 0.1) is 13.8 Å². The van der Waals surface area contributed by atoms with Crippen molar-refractivity contribution in [3.63, 3.8) is 0 Å². The average Bonchev–Trinajstić information content (AvgIpc) is 2.29. The lowest BCUT2D eigenvalue weighted by Gasteiger charge is -2.36. The zero-order valence-electron chi connectivity index (χ0n) is 12.1. The molecule has 0 aromatic heterocycles. The molecule has 0 saturated carbocycles. The predicted molar refractivity (Wildman–Crippen MR) is 76.6 cm³/mol. The third-order valence-corrected chi connectivity index (χ3v) is 5.66. The van der Waals surface area contributed by atoms with Crippen molar-refractivity contribution in [3.8, 4) is 5.75 Å². The van der Waals surface area contributed by atoms with Crippen molar-refractivity contribution in [2.24, 2.45) is 0 Å². The van der Waals surface area contributed by atoms with E-state index in [0.717, 1.165) is 36.5 Å². The van der Waals surface area contributed by atoms with Crippen molar-refractivity contribution >= 4 is 9.05 Å². The van der Waals surface area contributed by atoms with Crippen molar-refractivity contribution in [2.45, 2.75) is 13.8 Å². The summed E-state index contributed by atoms with van der Waals surface area (Å²) in [6.07, 6.45) is 0. The molecule has 0 unspecified atom stereocenters. The molecular formula is C14H21NO4Si. The number of hydrogen-bond donors (Lipinski definition) is 0. The first-order valence-corrected chi connectivity index (χ1v) is 8.70. The Kier molecular flexibility index (Phi) is 4.09. The molecule has 2 bridgehead atoms. The standard InChI is InChI=1S/C14H21NO4Si/c1-12-9-13(2)11-14(10-12)19-20-16-6-3-15(4-7-17-20)5-8-18-20/h9-11H,3-8H2,1-2H3. The fourth-order valence-electron chi connectivity index (χ4n) is 2.58. The van der Waals surface area contributed by atoms with Gasteiger partial charge in [-0.05, 0) is 37.1 Å². The topological polar surface area (TPSA) is 40.2 Å². The molecule has 0 radical (unpaired) electrons. The van der Waals surface area contributed by atoms with E-state index in [0.29, 0.717) is 19.8 Å². The summed E-state index contributed by atoms with van der Waals surface area (Å²) in [6, 6.07) is 6.10. The highest BCUT2D eigenvalue weighted by Gasteiger charge is 2.50. The third kappa shape index (κ3) is 3.21. The van der Waals surface area contributed by atoms with E-state index in [2.05, 4.69) is 24.8 Å². The summed E-state index contributed by atoms with van der Waals surface area (Å²) in [6.45, 7) is 8.63. The number of nitrogens with zero attached hydrogens (tertiary/aromatic N) is 1. The van der Waals surface area contributed by atoms with E-state index in [-0.39, 0.29) is 0 Å². The molecular weight excluding hydrogens is 274 g/mol. The number of rotatable bonds is 2. The van der Waals surface area contributed by atoms with Gasteiger partial charge in [0.2, 0.25) is 0 Å². The van der Waals surface area contributed by atoms with Gasteiger partial charge < -0.3 is 17.7 Å². The lowest BCUT2D eigenvalue weighted by atomic mass is 10.1. The van der Waals surface area contributed by atoms with E-state index in [1.54, 1.807) is 0 Å². The molecule has 20 heavy (non-hydrogen) atoms. The highest BCUT2D eigenvalue weighted by atomic mass is 28.4. The summed E-state index contributed by atoms with van der Waals surface area (Å²) in [4.78, 5) is 2.29. The molecule has 1 aromatic rings. The first kappa shape index (κ1) is 14.0. The van der Waals surface area contributed by atoms with Crippen molar-refractivity contribution in [1.82, 2.24) is 4.90 Å². The van der Waals surface area contributed by atoms with Gasteiger partial charge in [0.1, 0.15) is 5.75 Å². The Morgan fingerprint density at radius 3 is 1.90 bits per heavy atom. The maximum absolute atomic E-state index is 6.06. The molecule has 1 aromatic carbocycles. The van der Waals surface area contributed by atoms with Gasteiger partial charge in [0.15, 0.2) is 0 Å². The van der Waals surface area contributed by atoms with Crippen LogP contribution in [0.5, 0.6) is 5.75 Å². The predicted octanol–water partition coefficient (Wildman–Crippen LogP) is 1.50. The van der Waals surface area contributed by atoms with Gasteiger partial charge in [-0.3, -0.25) is 4.90 Å². The molecule has 3 saturated heterocycles. The molecule has 4 rings (SSSR count). The van der Waals surface area contributed by atoms with E-state index >= 15 is 0 Å². The van der Waals surface area contributed by atoms with Crippen molar-refractivity contribution in [3.05, 3.63) is 29.3 Å². The van der Waals surface area contributed by atoms with Gasteiger partial charge in [0.25, 0.3) is 0 Å². The van der Waals surface area contributed by atoms with Crippen molar-refractivity contribution in [2.75, 3.05) is 39.5 Å². The monoisotopic (exact) mass is 295 g/mol. The first-order valence-electron chi connectivity index (χ1n) is 7.07. The molecule has 0 N–H and O–H groups in total. The summed E-state index contributed by atoms with van der Waals surface area (Å²) < 4.78 is 23.6. The number of fused-ring (bicyclic) bond motifs is 6. The second kappa shape index (κ2) is 5.83. The Morgan fingerprint density at radius 2 is 1.40 bits per heavy atom. The van der Waals surface area contributed by atoms with Crippen LogP contribution in [0.1, 0.15) is 11.1 Å². The zero-order chi connectivity index (χ0) is 14.0. The number of aryl methyl sites for hydroxylation is 2. The van der Waals surface area contributed by atoms with Gasteiger partial charge in [0.05, 0.1) is 19.8 Å². The maximum Gasteiger partial charge on any atom is 0.749 e. The van der Waals surface area contributed by atoms with Crippen LogP contribution in [0.4, 0.5) is 0 Å². The van der Waals surface area contributed by atoms with Gasteiger partial charge >= 0.3 is 9.05 Å². The largest absolute Gasteiger partial charge is 0.749 e. The molecule has 0 spiro atoms. The second-order valence-electron chi connectivity index (χ2n) is 5.31. The summed E-state index contributed by atoms with van der Waals surface area (Å²) >= 11 is 0. The SMILES string of the molecule is Cc1cc(C)cc(O[Si]23OCCN(CCO2)CCO3)c1. The first-order chi connectivity index (χ1) is 9.65.